The number of hydrogen-bond acceptors (Lipinski definition) is 4. The van der Waals surface area contributed by atoms with E-state index in [0.29, 0.717) is 12.0 Å². The number of nitrogens with zero attached hydrogens (tertiary/aromatic N) is 3. The van der Waals surface area contributed by atoms with E-state index >= 15 is 0 Å². The molecule has 2 heterocycles. The number of anilines is 1. The van der Waals surface area contributed by atoms with Crippen LogP contribution in [0.25, 0.3) is 0 Å². The molecular formula is C17H24N4. The molecule has 0 saturated carbocycles. The van der Waals surface area contributed by atoms with Gasteiger partial charge in [0.2, 0.25) is 0 Å². The van der Waals surface area contributed by atoms with Gasteiger partial charge in [0.25, 0.3) is 0 Å². The van der Waals surface area contributed by atoms with Gasteiger partial charge in [-0.2, -0.15) is 5.26 Å². The number of aryl methyl sites for hydroxylation is 2. The minimum absolute atomic E-state index is 0.439. The molecule has 2 atom stereocenters. The average molecular weight is 284 g/mol. The van der Waals surface area contributed by atoms with Crippen molar-refractivity contribution in [2.75, 3.05) is 18.0 Å². The Balaban J connectivity index is 1.98. The maximum Gasteiger partial charge on any atom is 0.147 e. The lowest BCUT2D eigenvalue weighted by Gasteiger charge is -2.39. The van der Waals surface area contributed by atoms with Gasteiger partial charge in [0.05, 0.1) is 5.56 Å². The Kier molecular flexibility index (Phi) is 4.12. The zero-order valence-corrected chi connectivity index (χ0v) is 12.8. The number of pyridine rings is 1. The molecule has 0 bridgehead atoms. The van der Waals surface area contributed by atoms with Gasteiger partial charge in [0, 0.05) is 18.3 Å². The molecule has 0 amide bonds. The van der Waals surface area contributed by atoms with Crippen LogP contribution in [0.3, 0.4) is 0 Å². The molecule has 2 N–H and O–H groups in total. The maximum absolute atomic E-state index is 9.52. The fourth-order valence-corrected chi connectivity index (χ4v) is 3.59. The first kappa shape index (κ1) is 14.3. The number of rotatable bonds is 2. The monoisotopic (exact) mass is 284 g/mol. The van der Waals surface area contributed by atoms with Crippen molar-refractivity contribution < 1.29 is 0 Å². The van der Waals surface area contributed by atoms with Crippen molar-refractivity contribution >= 4 is 5.82 Å². The number of aromatic nitrogens is 1. The summed E-state index contributed by atoms with van der Waals surface area (Å²) in [7, 11) is 0. The van der Waals surface area contributed by atoms with Crippen molar-refractivity contribution in [3.05, 3.63) is 22.9 Å². The first-order valence-electron chi connectivity index (χ1n) is 8.12. The van der Waals surface area contributed by atoms with Crippen LogP contribution in [0, 0.1) is 17.2 Å². The summed E-state index contributed by atoms with van der Waals surface area (Å²) in [4.78, 5) is 7.20. The van der Waals surface area contributed by atoms with Crippen LogP contribution in [0.1, 0.15) is 49.4 Å². The first-order valence-corrected chi connectivity index (χ1v) is 8.12. The highest BCUT2D eigenvalue weighted by Gasteiger charge is 2.28. The van der Waals surface area contributed by atoms with Crippen LogP contribution in [-0.4, -0.2) is 24.1 Å². The highest BCUT2D eigenvalue weighted by molar-refractivity contribution is 5.57. The van der Waals surface area contributed by atoms with Gasteiger partial charge < -0.3 is 10.6 Å². The van der Waals surface area contributed by atoms with Crippen LogP contribution in [-0.2, 0) is 12.8 Å². The Morgan fingerprint density at radius 1 is 1.38 bits per heavy atom. The average Bonchev–Trinajstić information content (AvgIpc) is 2.54. The highest BCUT2D eigenvalue weighted by atomic mass is 15.2. The van der Waals surface area contributed by atoms with Gasteiger partial charge in [-0.25, -0.2) is 4.98 Å². The second-order valence-electron chi connectivity index (χ2n) is 6.46. The quantitative estimate of drug-likeness (QED) is 0.905. The van der Waals surface area contributed by atoms with Crippen LogP contribution in [0.5, 0.6) is 0 Å². The van der Waals surface area contributed by atoms with E-state index < -0.39 is 0 Å². The molecule has 1 aliphatic heterocycles. The minimum atomic E-state index is 0.439. The van der Waals surface area contributed by atoms with Gasteiger partial charge in [-0.3, -0.25) is 0 Å². The van der Waals surface area contributed by atoms with E-state index in [1.807, 2.05) is 0 Å². The van der Waals surface area contributed by atoms with Gasteiger partial charge in [-0.05, 0) is 69.5 Å². The Hall–Kier alpha value is -1.60. The molecule has 1 fully saturated rings. The maximum atomic E-state index is 9.52. The van der Waals surface area contributed by atoms with Gasteiger partial charge in [-0.1, -0.05) is 0 Å². The standard InChI is InChI=1S/C17H24N4/c1-12-6-7-13(9-18)11-21(12)17-15(10-19)8-14-4-2-3-5-16(14)20-17/h8,12-13H,2-7,9,11,18H2,1H3. The predicted octanol–water partition coefficient (Wildman–Crippen LogP) is 2.40. The van der Waals surface area contributed by atoms with Crippen molar-refractivity contribution in [1.82, 2.24) is 4.98 Å². The SMILES string of the molecule is CC1CCC(CN)CN1c1nc2c(cc1C#N)CCCC2. The van der Waals surface area contributed by atoms with E-state index in [2.05, 4.69) is 24.0 Å². The third-order valence-corrected chi connectivity index (χ3v) is 4.99. The summed E-state index contributed by atoms with van der Waals surface area (Å²) in [6, 6.07) is 4.88. The fourth-order valence-electron chi connectivity index (χ4n) is 3.59. The summed E-state index contributed by atoms with van der Waals surface area (Å²) in [5, 5.41) is 9.52. The van der Waals surface area contributed by atoms with E-state index in [4.69, 9.17) is 10.7 Å². The zero-order valence-electron chi connectivity index (χ0n) is 12.8. The molecule has 0 radical (unpaired) electrons. The summed E-state index contributed by atoms with van der Waals surface area (Å²) in [6.45, 7) is 3.88. The summed E-state index contributed by atoms with van der Waals surface area (Å²) in [6.07, 6.45) is 6.86. The Bertz CT molecular complexity index is 561. The molecule has 2 aliphatic rings. The van der Waals surface area contributed by atoms with Gasteiger partial charge in [0.15, 0.2) is 0 Å². The summed E-state index contributed by atoms with van der Waals surface area (Å²) in [5.41, 5.74) is 9.08. The van der Waals surface area contributed by atoms with Gasteiger partial charge in [-0.15, -0.1) is 0 Å². The molecule has 21 heavy (non-hydrogen) atoms. The second kappa shape index (κ2) is 6.03. The van der Waals surface area contributed by atoms with Gasteiger partial charge >= 0.3 is 0 Å². The smallest absolute Gasteiger partial charge is 0.147 e. The summed E-state index contributed by atoms with van der Waals surface area (Å²) >= 11 is 0. The largest absolute Gasteiger partial charge is 0.352 e. The summed E-state index contributed by atoms with van der Waals surface area (Å²) in [5.74, 6) is 1.41. The van der Waals surface area contributed by atoms with Crippen LogP contribution in [0.2, 0.25) is 0 Å². The lowest BCUT2D eigenvalue weighted by Crippen LogP contribution is -2.44. The molecule has 2 unspecified atom stereocenters. The molecular weight excluding hydrogens is 260 g/mol. The lowest BCUT2D eigenvalue weighted by atomic mass is 9.92. The molecule has 1 aliphatic carbocycles. The second-order valence-corrected chi connectivity index (χ2v) is 6.46. The fraction of sp³-hybridized carbons (Fsp3) is 0.647. The number of nitrogens with two attached hydrogens (primary N) is 1. The molecule has 1 saturated heterocycles. The van der Waals surface area contributed by atoms with E-state index in [9.17, 15) is 5.26 Å². The number of fused-ring (bicyclic) bond motifs is 1. The molecule has 4 heteroatoms. The van der Waals surface area contributed by atoms with E-state index in [0.717, 1.165) is 43.7 Å². The van der Waals surface area contributed by atoms with Crippen LogP contribution < -0.4 is 10.6 Å². The topological polar surface area (TPSA) is 65.9 Å². The van der Waals surface area contributed by atoms with Crippen molar-refractivity contribution in [2.45, 2.75) is 51.5 Å². The van der Waals surface area contributed by atoms with Crippen LogP contribution in [0.15, 0.2) is 6.07 Å². The molecule has 1 aromatic heterocycles. The van der Waals surface area contributed by atoms with Crippen LogP contribution in [0.4, 0.5) is 5.82 Å². The van der Waals surface area contributed by atoms with Crippen LogP contribution >= 0.6 is 0 Å². The van der Waals surface area contributed by atoms with Crippen molar-refractivity contribution in [3.63, 3.8) is 0 Å². The predicted molar refractivity (Wildman–Crippen MR) is 84.2 cm³/mol. The molecule has 1 aromatic rings. The molecule has 112 valence electrons. The minimum Gasteiger partial charge on any atom is -0.352 e. The van der Waals surface area contributed by atoms with E-state index in [1.54, 1.807) is 0 Å². The van der Waals surface area contributed by atoms with Crippen molar-refractivity contribution in [2.24, 2.45) is 11.7 Å². The van der Waals surface area contributed by atoms with E-state index in [1.165, 1.54) is 30.5 Å². The van der Waals surface area contributed by atoms with Crippen molar-refractivity contribution in [3.8, 4) is 6.07 Å². The Labute approximate surface area is 127 Å². The molecule has 0 aromatic carbocycles. The normalized spacial score (nSPS) is 25.3. The zero-order chi connectivity index (χ0) is 14.8. The van der Waals surface area contributed by atoms with Crippen molar-refractivity contribution in [1.29, 1.82) is 5.26 Å². The Morgan fingerprint density at radius 2 is 2.19 bits per heavy atom. The Morgan fingerprint density at radius 3 is 2.95 bits per heavy atom. The first-order chi connectivity index (χ1) is 10.2. The molecule has 3 rings (SSSR count). The van der Waals surface area contributed by atoms with Gasteiger partial charge in [0.1, 0.15) is 11.9 Å². The number of nitriles is 1. The molecule has 0 spiro atoms. The summed E-state index contributed by atoms with van der Waals surface area (Å²) < 4.78 is 0. The highest BCUT2D eigenvalue weighted by Crippen LogP contribution is 2.31. The third-order valence-electron chi connectivity index (χ3n) is 4.99. The van der Waals surface area contributed by atoms with E-state index in [-0.39, 0.29) is 0 Å². The molecule has 4 nitrogen and oxygen atoms in total. The lowest BCUT2D eigenvalue weighted by molar-refractivity contribution is 0.371. The number of hydrogen-bond donors (Lipinski definition) is 1. The third kappa shape index (κ3) is 2.75. The number of piperidine rings is 1.